The first-order valence-corrected chi connectivity index (χ1v) is 11.6. The summed E-state index contributed by atoms with van der Waals surface area (Å²) in [7, 11) is 1.26. The van der Waals surface area contributed by atoms with Gasteiger partial charge in [0.2, 0.25) is 5.91 Å². The van der Waals surface area contributed by atoms with Crippen LogP contribution in [-0.4, -0.2) is 48.9 Å². The molecule has 3 N–H and O–H groups in total. The fraction of sp³-hybridized carbons (Fsp3) is 0.250. The number of aliphatic hydroxyl groups is 1. The quantitative estimate of drug-likeness (QED) is 0.356. The van der Waals surface area contributed by atoms with Gasteiger partial charge in [0, 0.05) is 12.5 Å². The number of amides is 2. The minimum atomic E-state index is -1.18. The monoisotopic (exact) mass is 490 g/mol. The standard InChI is InChI=1S/C28H30N2O6/c1-35-27(33)26(25(21-13-7-3-8-14-21)22-15-9-4-10-16-22)30-24(32)17-23(31)18-29-28(34)36-19-20-11-5-2-6-12-20/h2-16,23,25-26,31H,17-19H2,1H3,(H,29,34)(H,30,32)/t23-,26-/m1/s1. The van der Waals surface area contributed by atoms with Gasteiger partial charge in [-0.2, -0.15) is 0 Å². The Balaban J connectivity index is 1.60. The second-order valence-electron chi connectivity index (χ2n) is 8.17. The van der Waals surface area contributed by atoms with Gasteiger partial charge >= 0.3 is 12.1 Å². The van der Waals surface area contributed by atoms with E-state index < -0.39 is 36.0 Å². The first-order chi connectivity index (χ1) is 17.5. The van der Waals surface area contributed by atoms with Gasteiger partial charge in [-0.05, 0) is 16.7 Å². The number of methoxy groups -OCH3 is 1. The SMILES string of the molecule is COC(=O)[C@H](NC(=O)C[C@@H](O)CNC(=O)OCc1ccccc1)C(c1ccccc1)c1ccccc1. The maximum atomic E-state index is 12.8. The first-order valence-electron chi connectivity index (χ1n) is 11.6. The number of benzene rings is 3. The Kier molecular flexibility index (Phi) is 10.0. The van der Waals surface area contributed by atoms with Crippen molar-refractivity contribution >= 4 is 18.0 Å². The molecule has 0 aromatic heterocycles. The first kappa shape index (κ1) is 26.4. The van der Waals surface area contributed by atoms with E-state index in [0.29, 0.717) is 0 Å². The van der Waals surface area contributed by atoms with Crippen LogP contribution >= 0.6 is 0 Å². The lowest BCUT2D eigenvalue weighted by molar-refractivity contribution is -0.145. The Labute approximate surface area is 210 Å². The van der Waals surface area contributed by atoms with Crippen molar-refractivity contribution in [1.82, 2.24) is 10.6 Å². The molecule has 0 fully saturated rings. The highest BCUT2D eigenvalue weighted by Crippen LogP contribution is 2.29. The summed E-state index contributed by atoms with van der Waals surface area (Å²) in [5.41, 5.74) is 2.47. The lowest BCUT2D eigenvalue weighted by atomic mass is 9.85. The molecule has 2 atom stereocenters. The van der Waals surface area contributed by atoms with Gasteiger partial charge < -0.3 is 25.2 Å². The van der Waals surface area contributed by atoms with Crippen LogP contribution in [0.2, 0.25) is 0 Å². The van der Waals surface area contributed by atoms with Crippen LogP contribution in [0.5, 0.6) is 0 Å². The highest BCUT2D eigenvalue weighted by molar-refractivity contribution is 5.86. The second kappa shape index (κ2) is 13.7. The topological polar surface area (TPSA) is 114 Å². The molecule has 8 heteroatoms. The van der Waals surface area contributed by atoms with E-state index in [1.807, 2.05) is 91.0 Å². The Morgan fingerprint density at radius 3 is 1.89 bits per heavy atom. The molecule has 0 aliphatic carbocycles. The van der Waals surface area contributed by atoms with Crippen molar-refractivity contribution in [3.05, 3.63) is 108 Å². The van der Waals surface area contributed by atoms with Gasteiger partial charge in [-0.3, -0.25) is 4.79 Å². The van der Waals surface area contributed by atoms with Crippen molar-refractivity contribution in [2.45, 2.75) is 31.1 Å². The summed E-state index contributed by atoms with van der Waals surface area (Å²) >= 11 is 0. The summed E-state index contributed by atoms with van der Waals surface area (Å²) in [6.45, 7) is -0.102. The molecule has 36 heavy (non-hydrogen) atoms. The van der Waals surface area contributed by atoms with Crippen LogP contribution in [0.3, 0.4) is 0 Å². The van der Waals surface area contributed by atoms with Crippen LogP contribution in [0, 0.1) is 0 Å². The molecule has 3 aromatic carbocycles. The van der Waals surface area contributed by atoms with E-state index in [2.05, 4.69) is 10.6 Å². The molecule has 0 heterocycles. The average Bonchev–Trinajstić information content (AvgIpc) is 2.91. The molecule has 188 valence electrons. The van der Waals surface area contributed by atoms with Gasteiger partial charge in [0.05, 0.1) is 19.6 Å². The van der Waals surface area contributed by atoms with E-state index in [-0.39, 0.29) is 19.6 Å². The fourth-order valence-corrected chi connectivity index (χ4v) is 3.80. The Morgan fingerprint density at radius 2 is 1.36 bits per heavy atom. The number of alkyl carbamates (subject to hydrolysis) is 1. The average molecular weight is 491 g/mol. The number of ether oxygens (including phenoxy) is 2. The molecule has 0 saturated heterocycles. The van der Waals surface area contributed by atoms with Crippen LogP contribution in [0.15, 0.2) is 91.0 Å². The molecule has 0 radical (unpaired) electrons. The maximum absolute atomic E-state index is 12.8. The van der Waals surface area contributed by atoms with Crippen molar-refractivity contribution in [3.8, 4) is 0 Å². The highest BCUT2D eigenvalue weighted by Gasteiger charge is 2.33. The summed E-state index contributed by atoms with van der Waals surface area (Å²) in [4.78, 5) is 37.4. The number of hydrogen-bond acceptors (Lipinski definition) is 6. The molecular weight excluding hydrogens is 460 g/mol. The largest absolute Gasteiger partial charge is 0.467 e. The fourth-order valence-electron chi connectivity index (χ4n) is 3.80. The van der Waals surface area contributed by atoms with Crippen LogP contribution in [0.1, 0.15) is 29.0 Å². The van der Waals surface area contributed by atoms with Gasteiger partial charge in [0.15, 0.2) is 0 Å². The number of carbonyl (C=O) groups excluding carboxylic acids is 3. The molecule has 0 aliphatic rings. The molecular formula is C28H30N2O6. The highest BCUT2D eigenvalue weighted by atomic mass is 16.5. The van der Waals surface area contributed by atoms with E-state index in [0.717, 1.165) is 16.7 Å². The zero-order valence-corrected chi connectivity index (χ0v) is 20.0. The second-order valence-corrected chi connectivity index (χ2v) is 8.17. The summed E-state index contributed by atoms with van der Waals surface area (Å²) in [6.07, 6.45) is -2.22. The molecule has 0 bridgehead atoms. The van der Waals surface area contributed by atoms with Gasteiger partial charge in [-0.1, -0.05) is 91.0 Å². The molecule has 3 rings (SSSR count). The van der Waals surface area contributed by atoms with E-state index in [9.17, 15) is 19.5 Å². The number of rotatable bonds is 11. The van der Waals surface area contributed by atoms with Crippen LogP contribution in [0.4, 0.5) is 4.79 Å². The molecule has 0 aliphatic heterocycles. The predicted octanol–water partition coefficient (Wildman–Crippen LogP) is 3.15. The Bertz CT molecular complexity index is 1070. The Morgan fingerprint density at radius 1 is 0.833 bits per heavy atom. The number of nitrogens with one attached hydrogen (secondary N) is 2. The van der Waals surface area contributed by atoms with Crippen LogP contribution in [0.25, 0.3) is 0 Å². The lowest BCUT2D eigenvalue weighted by Crippen LogP contribution is -2.47. The van der Waals surface area contributed by atoms with E-state index in [1.165, 1.54) is 7.11 Å². The molecule has 0 unspecified atom stereocenters. The molecule has 0 saturated carbocycles. The zero-order valence-electron chi connectivity index (χ0n) is 20.0. The Hall–Kier alpha value is -4.17. The van der Waals surface area contributed by atoms with Gasteiger partial charge in [-0.25, -0.2) is 9.59 Å². The van der Waals surface area contributed by atoms with Crippen molar-refractivity contribution in [3.63, 3.8) is 0 Å². The van der Waals surface area contributed by atoms with Gasteiger partial charge in [0.25, 0.3) is 0 Å². The van der Waals surface area contributed by atoms with Crippen molar-refractivity contribution < 1.29 is 29.0 Å². The maximum Gasteiger partial charge on any atom is 0.407 e. The molecule has 3 aromatic rings. The third-order valence-corrected chi connectivity index (χ3v) is 5.54. The van der Waals surface area contributed by atoms with Crippen LogP contribution < -0.4 is 10.6 Å². The summed E-state index contributed by atoms with van der Waals surface area (Å²) in [5.74, 6) is -1.68. The minimum absolute atomic E-state index is 0.0877. The van der Waals surface area contributed by atoms with E-state index >= 15 is 0 Å². The normalized spacial score (nSPS) is 12.3. The van der Waals surface area contributed by atoms with Gasteiger partial charge in [0.1, 0.15) is 12.6 Å². The summed E-state index contributed by atoms with van der Waals surface area (Å²) in [5, 5.41) is 15.4. The number of hydrogen-bond donors (Lipinski definition) is 3. The number of aliphatic hydroxyl groups excluding tert-OH is 1. The van der Waals surface area contributed by atoms with Crippen molar-refractivity contribution in [1.29, 1.82) is 0 Å². The summed E-state index contributed by atoms with van der Waals surface area (Å²) < 4.78 is 10.1. The third kappa shape index (κ3) is 7.95. The van der Waals surface area contributed by atoms with Crippen molar-refractivity contribution in [2.24, 2.45) is 0 Å². The van der Waals surface area contributed by atoms with Crippen molar-refractivity contribution in [2.75, 3.05) is 13.7 Å². The van der Waals surface area contributed by atoms with Crippen LogP contribution in [-0.2, 0) is 25.7 Å². The number of carbonyl (C=O) groups is 3. The minimum Gasteiger partial charge on any atom is -0.467 e. The van der Waals surface area contributed by atoms with E-state index in [1.54, 1.807) is 0 Å². The predicted molar refractivity (Wildman–Crippen MR) is 134 cm³/mol. The summed E-state index contributed by atoms with van der Waals surface area (Å²) in [6, 6.07) is 26.8. The molecule has 8 nitrogen and oxygen atoms in total. The smallest absolute Gasteiger partial charge is 0.407 e. The van der Waals surface area contributed by atoms with E-state index in [4.69, 9.17) is 9.47 Å². The zero-order chi connectivity index (χ0) is 25.8. The third-order valence-electron chi connectivity index (χ3n) is 5.54. The molecule has 2 amide bonds. The lowest BCUT2D eigenvalue weighted by Gasteiger charge is -2.27. The van der Waals surface area contributed by atoms with Gasteiger partial charge in [-0.15, -0.1) is 0 Å². The molecule has 0 spiro atoms. The number of esters is 1.